The van der Waals surface area contributed by atoms with Gasteiger partial charge < -0.3 is 15.2 Å². The number of hydrogen-bond acceptors (Lipinski definition) is 3. The largest absolute Gasteiger partial charge is 0.508 e. The van der Waals surface area contributed by atoms with Crippen LogP contribution in [0.15, 0.2) is 48.5 Å². The summed E-state index contributed by atoms with van der Waals surface area (Å²) in [7, 11) is 0. The first-order valence-corrected chi connectivity index (χ1v) is 7.20. The Balaban J connectivity index is 1.89. The van der Waals surface area contributed by atoms with E-state index >= 15 is 0 Å². The number of hydrogen-bond donors (Lipinski definition) is 2. The summed E-state index contributed by atoms with van der Waals surface area (Å²) >= 11 is 0. The van der Waals surface area contributed by atoms with Gasteiger partial charge >= 0.3 is 12.3 Å². The van der Waals surface area contributed by atoms with E-state index in [2.05, 4.69) is 17.2 Å². The van der Waals surface area contributed by atoms with Gasteiger partial charge in [0, 0.05) is 5.56 Å². The van der Waals surface area contributed by atoms with Crippen molar-refractivity contribution >= 4 is 6.09 Å². The molecule has 0 saturated heterocycles. The van der Waals surface area contributed by atoms with E-state index in [0.717, 1.165) is 17.7 Å². The molecular formula is C18H14F3NO3. The van der Waals surface area contributed by atoms with Crippen LogP contribution in [0.5, 0.6) is 5.75 Å². The summed E-state index contributed by atoms with van der Waals surface area (Å²) in [5, 5.41) is 11.5. The minimum Gasteiger partial charge on any atom is -0.508 e. The Labute approximate surface area is 142 Å². The molecule has 0 atom stereocenters. The molecule has 0 heterocycles. The highest BCUT2D eigenvalue weighted by molar-refractivity contribution is 5.67. The van der Waals surface area contributed by atoms with Crippen molar-refractivity contribution < 1.29 is 27.8 Å². The van der Waals surface area contributed by atoms with Gasteiger partial charge in [-0.05, 0) is 23.8 Å². The molecule has 7 heteroatoms. The first kappa shape index (κ1) is 18.2. The quantitative estimate of drug-likeness (QED) is 0.831. The van der Waals surface area contributed by atoms with Crippen LogP contribution in [-0.4, -0.2) is 17.7 Å². The topological polar surface area (TPSA) is 58.6 Å². The average Bonchev–Trinajstić information content (AvgIpc) is 2.58. The fourth-order valence-corrected chi connectivity index (χ4v) is 1.91. The summed E-state index contributed by atoms with van der Waals surface area (Å²) in [5.74, 6) is 4.24. The molecule has 4 nitrogen and oxygen atoms in total. The normalized spacial score (nSPS) is 10.5. The maximum Gasteiger partial charge on any atom is 0.417 e. The monoisotopic (exact) mass is 349 g/mol. The maximum atomic E-state index is 12.9. The van der Waals surface area contributed by atoms with Crippen LogP contribution < -0.4 is 5.32 Å². The van der Waals surface area contributed by atoms with Crippen molar-refractivity contribution in [1.29, 1.82) is 0 Å². The predicted octanol–water partition coefficient (Wildman–Crippen LogP) is 3.69. The average molecular weight is 349 g/mol. The van der Waals surface area contributed by atoms with Crippen LogP contribution in [-0.2, 0) is 17.5 Å². The van der Waals surface area contributed by atoms with Gasteiger partial charge in [0.05, 0.1) is 12.1 Å². The molecule has 130 valence electrons. The zero-order valence-electron chi connectivity index (χ0n) is 12.9. The van der Waals surface area contributed by atoms with Crippen molar-refractivity contribution in [1.82, 2.24) is 5.32 Å². The maximum absolute atomic E-state index is 12.9. The predicted molar refractivity (Wildman–Crippen MR) is 84.6 cm³/mol. The van der Waals surface area contributed by atoms with Crippen LogP contribution in [0.3, 0.4) is 0 Å². The Morgan fingerprint density at radius 3 is 2.56 bits per heavy atom. The van der Waals surface area contributed by atoms with Crippen LogP contribution >= 0.6 is 0 Å². The minimum absolute atomic E-state index is 0.0796. The van der Waals surface area contributed by atoms with Gasteiger partial charge in [-0.3, -0.25) is 0 Å². The molecule has 2 rings (SSSR count). The molecule has 0 saturated carbocycles. The van der Waals surface area contributed by atoms with Crippen molar-refractivity contribution in [2.75, 3.05) is 6.54 Å². The highest BCUT2D eigenvalue weighted by atomic mass is 19.4. The molecule has 0 aliphatic heterocycles. The van der Waals surface area contributed by atoms with Crippen LogP contribution in [0.4, 0.5) is 18.0 Å². The molecule has 0 spiro atoms. The number of alkyl carbamates (subject to hydrolysis) is 1. The van der Waals surface area contributed by atoms with E-state index in [-0.39, 0.29) is 18.7 Å². The number of phenolic OH excluding ortho intramolecular Hbond substituents is 1. The second kappa shape index (κ2) is 8.11. The standard InChI is InChI=1S/C18H14F3NO3/c19-18(20,21)16-11-15(23)9-8-14(16)7-4-10-22-17(24)25-12-13-5-2-1-3-6-13/h1-3,5-6,8-9,11,23H,10,12H2,(H,22,24). The Hall–Kier alpha value is -3.14. The third-order valence-corrected chi connectivity index (χ3v) is 3.07. The lowest BCUT2D eigenvalue weighted by molar-refractivity contribution is -0.137. The summed E-state index contributed by atoms with van der Waals surface area (Å²) in [4.78, 5) is 11.5. The number of amides is 1. The lowest BCUT2D eigenvalue weighted by atomic mass is 10.1. The molecule has 0 radical (unpaired) electrons. The fourth-order valence-electron chi connectivity index (χ4n) is 1.91. The third kappa shape index (κ3) is 5.77. The molecule has 0 bridgehead atoms. The summed E-state index contributed by atoms with van der Waals surface area (Å²) < 4.78 is 43.5. The number of ether oxygens (including phenoxy) is 1. The molecule has 2 N–H and O–H groups in total. The van der Waals surface area contributed by atoms with E-state index < -0.39 is 23.6 Å². The van der Waals surface area contributed by atoms with E-state index in [4.69, 9.17) is 4.74 Å². The number of phenols is 1. The molecular weight excluding hydrogens is 335 g/mol. The third-order valence-electron chi connectivity index (χ3n) is 3.07. The van der Waals surface area contributed by atoms with Gasteiger partial charge in [-0.2, -0.15) is 13.2 Å². The Morgan fingerprint density at radius 1 is 1.16 bits per heavy atom. The lowest BCUT2D eigenvalue weighted by Crippen LogP contribution is -2.24. The Kier molecular flexibility index (Phi) is 5.90. The first-order chi connectivity index (χ1) is 11.9. The van der Waals surface area contributed by atoms with Gasteiger partial charge in [-0.1, -0.05) is 42.2 Å². The van der Waals surface area contributed by atoms with Gasteiger partial charge in [0.1, 0.15) is 12.4 Å². The number of carbonyl (C=O) groups is 1. The Morgan fingerprint density at radius 2 is 1.88 bits per heavy atom. The highest BCUT2D eigenvalue weighted by Gasteiger charge is 2.33. The summed E-state index contributed by atoms with van der Waals surface area (Å²) in [5.41, 5.74) is -0.515. The molecule has 2 aromatic carbocycles. The van der Waals surface area contributed by atoms with E-state index in [0.29, 0.717) is 6.07 Å². The van der Waals surface area contributed by atoms with Crippen molar-refractivity contribution in [3.63, 3.8) is 0 Å². The molecule has 0 aliphatic rings. The smallest absolute Gasteiger partial charge is 0.417 e. The van der Waals surface area contributed by atoms with E-state index in [1.807, 2.05) is 6.07 Å². The second-order valence-electron chi connectivity index (χ2n) is 4.94. The number of aromatic hydroxyl groups is 1. The Bertz CT molecular complexity index is 793. The number of halogens is 3. The molecule has 0 fully saturated rings. The fraction of sp³-hybridized carbons (Fsp3) is 0.167. The van der Waals surface area contributed by atoms with Crippen LogP contribution in [0, 0.1) is 11.8 Å². The van der Waals surface area contributed by atoms with Crippen molar-refractivity contribution in [2.45, 2.75) is 12.8 Å². The minimum atomic E-state index is -4.63. The SMILES string of the molecule is O=C(NCC#Cc1ccc(O)cc1C(F)(F)F)OCc1ccccc1. The van der Waals surface area contributed by atoms with Crippen LogP contribution in [0.25, 0.3) is 0 Å². The summed E-state index contributed by atoms with van der Waals surface area (Å²) in [6.45, 7) is -0.0952. The van der Waals surface area contributed by atoms with E-state index in [9.17, 15) is 23.1 Å². The van der Waals surface area contributed by atoms with Crippen LogP contribution in [0.1, 0.15) is 16.7 Å². The van der Waals surface area contributed by atoms with E-state index in [1.54, 1.807) is 24.3 Å². The van der Waals surface area contributed by atoms with Gasteiger partial charge in [0.15, 0.2) is 0 Å². The number of carbonyl (C=O) groups excluding carboxylic acids is 1. The van der Waals surface area contributed by atoms with Gasteiger partial charge in [-0.15, -0.1) is 0 Å². The van der Waals surface area contributed by atoms with Crippen molar-refractivity contribution in [3.8, 4) is 17.6 Å². The van der Waals surface area contributed by atoms with Gasteiger partial charge in [0.2, 0.25) is 0 Å². The summed E-state index contributed by atoms with van der Waals surface area (Å²) in [6.07, 6.45) is -5.36. The zero-order valence-corrected chi connectivity index (χ0v) is 12.9. The second-order valence-corrected chi connectivity index (χ2v) is 4.94. The molecule has 0 unspecified atom stereocenters. The number of alkyl halides is 3. The van der Waals surface area contributed by atoms with Crippen molar-refractivity contribution in [3.05, 3.63) is 65.2 Å². The molecule has 0 aromatic heterocycles. The number of benzene rings is 2. The molecule has 1 amide bonds. The van der Waals surface area contributed by atoms with E-state index in [1.165, 1.54) is 0 Å². The zero-order chi connectivity index (χ0) is 18.3. The lowest BCUT2D eigenvalue weighted by Gasteiger charge is -2.09. The van der Waals surface area contributed by atoms with Gasteiger partial charge in [-0.25, -0.2) is 4.79 Å². The highest BCUT2D eigenvalue weighted by Crippen LogP contribution is 2.33. The molecule has 2 aromatic rings. The number of nitrogens with one attached hydrogen (secondary N) is 1. The van der Waals surface area contributed by atoms with Crippen LogP contribution in [0.2, 0.25) is 0 Å². The molecule has 0 aliphatic carbocycles. The van der Waals surface area contributed by atoms with Crippen molar-refractivity contribution in [2.24, 2.45) is 0 Å². The first-order valence-electron chi connectivity index (χ1n) is 7.20. The van der Waals surface area contributed by atoms with Gasteiger partial charge in [0.25, 0.3) is 0 Å². The molecule has 25 heavy (non-hydrogen) atoms. The summed E-state index contributed by atoms with van der Waals surface area (Å²) in [6, 6.07) is 11.8. The number of rotatable bonds is 3.